The minimum Gasteiger partial charge on any atom is -0.379 e. The second kappa shape index (κ2) is 7.75. The van der Waals surface area contributed by atoms with E-state index >= 15 is 0 Å². The van der Waals surface area contributed by atoms with Gasteiger partial charge in [0, 0.05) is 42.9 Å². The van der Waals surface area contributed by atoms with E-state index in [9.17, 15) is 4.79 Å². The Morgan fingerprint density at radius 1 is 1.24 bits per heavy atom. The monoisotopic (exact) mass is 367 g/mol. The number of hydrogen-bond donors (Lipinski definition) is 2. The molecule has 2 bridgehead atoms. The quantitative estimate of drug-likeness (QED) is 0.787. The van der Waals surface area contributed by atoms with Crippen molar-refractivity contribution in [1.82, 2.24) is 10.2 Å². The number of fused-ring (bicyclic) bond motifs is 2. The molecule has 3 N–H and O–H groups in total. The Balaban J connectivity index is 1.35. The highest BCUT2D eigenvalue weighted by molar-refractivity contribution is 7.99. The number of morpholine rings is 1. The fraction of sp³-hybridized carbons (Fsp3) is 0.947. The molecule has 0 spiro atoms. The van der Waals surface area contributed by atoms with Crippen LogP contribution < -0.4 is 11.1 Å². The maximum Gasteiger partial charge on any atom is 0.223 e. The lowest BCUT2D eigenvalue weighted by Gasteiger charge is -2.45. The first-order chi connectivity index (χ1) is 12.2. The first-order valence-corrected chi connectivity index (χ1v) is 11.3. The van der Waals surface area contributed by atoms with E-state index in [1.54, 1.807) is 0 Å². The number of carbonyl (C=O) groups excluding carboxylic acids is 1. The number of carbonyl (C=O) groups is 1. The Kier molecular flexibility index (Phi) is 5.60. The van der Waals surface area contributed by atoms with Gasteiger partial charge in [0.2, 0.25) is 5.91 Å². The average molecular weight is 368 g/mol. The molecule has 2 heterocycles. The summed E-state index contributed by atoms with van der Waals surface area (Å²) in [5.41, 5.74) is 6.53. The van der Waals surface area contributed by atoms with E-state index in [1.165, 1.54) is 31.4 Å². The predicted molar refractivity (Wildman–Crippen MR) is 102 cm³/mol. The molecular formula is C19H33N3O2S. The van der Waals surface area contributed by atoms with Crippen molar-refractivity contribution >= 4 is 17.7 Å². The van der Waals surface area contributed by atoms with Crippen molar-refractivity contribution in [2.24, 2.45) is 23.5 Å². The lowest BCUT2D eigenvalue weighted by atomic mass is 9.65. The number of nitrogens with one attached hydrogen (secondary N) is 1. The smallest absolute Gasteiger partial charge is 0.223 e. The topological polar surface area (TPSA) is 67.6 Å². The first-order valence-electron chi connectivity index (χ1n) is 10.1. The Morgan fingerprint density at radius 3 is 2.60 bits per heavy atom. The maximum absolute atomic E-state index is 12.9. The summed E-state index contributed by atoms with van der Waals surface area (Å²) in [6, 6.07) is 0.337. The van der Waals surface area contributed by atoms with Gasteiger partial charge < -0.3 is 15.8 Å². The van der Waals surface area contributed by atoms with Crippen molar-refractivity contribution in [3.05, 3.63) is 0 Å². The van der Waals surface area contributed by atoms with Crippen LogP contribution in [0.2, 0.25) is 0 Å². The molecule has 0 radical (unpaired) electrons. The number of nitrogens with two attached hydrogens (primary N) is 1. The number of rotatable bonds is 4. The molecule has 3 atom stereocenters. The fourth-order valence-corrected chi connectivity index (χ4v) is 7.01. The molecule has 25 heavy (non-hydrogen) atoms. The Hall–Kier alpha value is -0.300. The second-order valence-electron chi connectivity index (χ2n) is 8.54. The fourth-order valence-electron chi connectivity index (χ4n) is 5.53. The molecule has 4 fully saturated rings. The van der Waals surface area contributed by atoms with Crippen LogP contribution in [0.25, 0.3) is 0 Å². The summed E-state index contributed by atoms with van der Waals surface area (Å²) >= 11 is 2.03. The lowest BCUT2D eigenvalue weighted by molar-refractivity contribution is -0.128. The number of amides is 1. The van der Waals surface area contributed by atoms with Crippen LogP contribution in [-0.2, 0) is 9.53 Å². The lowest BCUT2D eigenvalue weighted by Crippen LogP contribution is -2.60. The van der Waals surface area contributed by atoms with Crippen LogP contribution in [0.1, 0.15) is 38.5 Å². The summed E-state index contributed by atoms with van der Waals surface area (Å²) < 4.78 is 5.53. The van der Waals surface area contributed by atoms with Crippen LogP contribution in [0.3, 0.4) is 0 Å². The van der Waals surface area contributed by atoms with E-state index < -0.39 is 0 Å². The molecule has 2 saturated carbocycles. The zero-order valence-electron chi connectivity index (χ0n) is 15.3. The molecule has 0 aromatic carbocycles. The van der Waals surface area contributed by atoms with Crippen molar-refractivity contribution in [1.29, 1.82) is 0 Å². The van der Waals surface area contributed by atoms with E-state index in [0.717, 1.165) is 51.4 Å². The molecule has 6 heteroatoms. The largest absolute Gasteiger partial charge is 0.379 e. The van der Waals surface area contributed by atoms with Crippen LogP contribution in [0, 0.1) is 17.8 Å². The third-order valence-corrected chi connectivity index (χ3v) is 8.37. The van der Waals surface area contributed by atoms with Crippen molar-refractivity contribution in [3.63, 3.8) is 0 Å². The van der Waals surface area contributed by atoms with E-state index in [4.69, 9.17) is 10.5 Å². The molecule has 5 nitrogen and oxygen atoms in total. The third-order valence-electron chi connectivity index (χ3n) is 7.14. The van der Waals surface area contributed by atoms with Gasteiger partial charge in [0.15, 0.2) is 0 Å². The van der Waals surface area contributed by atoms with Gasteiger partial charge in [-0.3, -0.25) is 9.69 Å². The molecule has 1 amide bonds. The van der Waals surface area contributed by atoms with Crippen LogP contribution in [-0.4, -0.2) is 66.7 Å². The van der Waals surface area contributed by atoms with Crippen LogP contribution in [0.4, 0.5) is 0 Å². The van der Waals surface area contributed by atoms with Crippen molar-refractivity contribution < 1.29 is 9.53 Å². The van der Waals surface area contributed by atoms with Gasteiger partial charge in [-0.1, -0.05) is 6.42 Å². The van der Waals surface area contributed by atoms with Gasteiger partial charge in [-0.2, -0.15) is 11.8 Å². The highest BCUT2D eigenvalue weighted by Gasteiger charge is 2.43. The van der Waals surface area contributed by atoms with Gasteiger partial charge in [0.25, 0.3) is 0 Å². The zero-order chi connectivity index (χ0) is 17.3. The highest BCUT2D eigenvalue weighted by atomic mass is 32.2. The molecule has 2 aliphatic carbocycles. The summed E-state index contributed by atoms with van der Waals surface area (Å²) in [5.74, 6) is 3.94. The van der Waals surface area contributed by atoms with E-state index in [-0.39, 0.29) is 17.4 Å². The molecule has 0 aromatic rings. The van der Waals surface area contributed by atoms with Crippen LogP contribution in [0.15, 0.2) is 0 Å². The summed E-state index contributed by atoms with van der Waals surface area (Å²) in [4.78, 5) is 15.5. The normalized spacial score (nSPS) is 42.3. The molecule has 142 valence electrons. The molecule has 3 unspecified atom stereocenters. The molecule has 4 aliphatic rings. The number of nitrogens with zero attached hydrogens (tertiary/aromatic N) is 1. The van der Waals surface area contributed by atoms with Crippen LogP contribution in [0.5, 0.6) is 0 Å². The molecule has 0 aromatic heterocycles. The molecule has 4 rings (SSSR count). The zero-order valence-corrected chi connectivity index (χ0v) is 16.1. The summed E-state index contributed by atoms with van der Waals surface area (Å²) in [5, 5.41) is 3.36. The summed E-state index contributed by atoms with van der Waals surface area (Å²) in [6.45, 7) is 4.45. The summed E-state index contributed by atoms with van der Waals surface area (Å²) in [7, 11) is 0. The Bertz CT molecular complexity index is 463. The molecular weight excluding hydrogens is 334 g/mol. The van der Waals surface area contributed by atoms with E-state index in [2.05, 4.69) is 10.2 Å². The molecule has 2 saturated heterocycles. The van der Waals surface area contributed by atoms with Crippen molar-refractivity contribution in [3.8, 4) is 0 Å². The average Bonchev–Trinajstić information content (AvgIpc) is 3.10. The van der Waals surface area contributed by atoms with Gasteiger partial charge >= 0.3 is 0 Å². The first kappa shape index (κ1) is 18.1. The van der Waals surface area contributed by atoms with Gasteiger partial charge in [-0.25, -0.2) is 0 Å². The van der Waals surface area contributed by atoms with E-state index in [0.29, 0.717) is 17.9 Å². The predicted octanol–water partition coefficient (Wildman–Crippen LogP) is 1.46. The Morgan fingerprint density at radius 2 is 1.96 bits per heavy atom. The number of ether oxygens (including phenoxy) is 1. The summed E-state index contributed by atoms with van der Waals surface area (Å²) in [6.07, 6.45) is 6.92. The molecule has 2 aliphatic heterocycles. The standard InChI is InChI=1S/C19H33N3O2S/c20-17-14-2-1-3-15(17)11-16(10-14)18(23)21-12-19(4-9-25-13-19)22-5-7-24-8-6-22/h14-17H,1-13,20H2,(H,21,23). The van der Waals surface area contributed by atoms with E-state index in [1.807, 2.05) is 11.8 Å². The second-order valence-corrected chi connectivity index (χ2v) is 9.65. The maximum atomic E-state index is 12.9. The van der Waals surface area contributed by atoms with Gasteiger partial charge in [-0.15, -0.1) is 0 Å². The minimum atomic E-state index is 0.144. The van der Waals surface area contributed by atoms with Gasteiger partial charge in [0.05, 0.1) is 13.2 Å². The van der Waals surface area contributed by atoms with Crippen LogP contribution >= 0.6 is 11.8 Å². The highest BCUT2D eigenvalue weighted by Crippen LogP contribution is 2.42. The van der Waals surface area contributed by atoms with Crippen molar-refractivity contribution in [2.45, 2.75) is 50.1 Å². The third kappa shape index (κ3) is 3.73. The van der Waals surface area contributed by atoms with Gasteiger partial charge in [-0.05, 0) is 49.7 Å². The van der Waals surface area contributed by atoms with Crippen molar-refractivity contribution in [2.75, 3.05) is 44.4 Å². The minimum absolute atomic E-state index is 0.144. The van der Waals surface area contributed by atoms with Gasteiger partial charge in [0.1, 0.15) is 0 Å². The number of hydrogen-bond acceptors (Lipinski definition) is 5. The Labute approximate surface area is 155 Å². The number of thioether (sulfide) groups is 1. The SMILES string of the molecule is NC1C2CCCC1CC(C(=O)NCC1(N3CCOCC3)CCSC1)C2.